The van der Waals surface area contributed by atoms with Crippen LogP contribution in [0.15, 0.2) is 0 Å². The van der Waals surface area contributed by atoms with Gasteiger partial charge in [0.05, 0.1) is 24.9 Å². The van der Waals surface area contributed by atoms with Gasteiger partial charge < -0.3 is 10.0 Å². The summed E-state index contributed by atoms with van der Waals surface area (Å²) in [6, 6.07) is -0.457. The molecule has 1 aromatic rings. The number of aliphatic hydroxyl groups excluding tert-OH is 1. The Morgan fingerprint density at radius 1 is 1.41 bits per heavy atom. The van der Waals surface area contributed by atoms with E-state index in [-0.39, 0.29) is 31.2 Å². The number of hydrogen-bond acceptors (Lipinski definition) is 4. The van der Waals surface area contributed by atoms with Gasteiger partial charge >= 0.3 is 0 Å². The van der Waals surface area contributed by atoms with Gasteiger partial charge in [0.2, 0.25) is 0 Å². The molecule has 1 aliphatic heterocycles. The van der Waals surface area contributed by atoms with Crippen molar-refractivity contribution in [3.8, 4) is 0 Å². The van der Waals surface area contributed by atoms with Crippen LogP contribution in [0.25, 0.3) is 0 Å². The maximum atomic E-state index is 13.5. The third kappa shape index (κ3) is 2.86. The second kappa shape index (κ2) is 6.32. The fourth-order valence-corrected chi connectivity index (χ4v) is 3.59. The van der Waals surface area contributed by atoms with Gasteiger partial charge in [-0.05, 0) is 25.7 Å². The summed E-state index contributed by atoms with van der Waals surface area (Å²) in [7, 11) is 0. The number of amides is 1. The van der Waals surface area contributed by atoms with Gasteiger partial charge in [-0.25, -0.2) is 9.07 Å². The van der Waals surface area contributed by atoms with Crippen LogP contribution in [0.1, 0.15) is 48.3 Å². The van der Waals surface area contributed by atoms with Crippen LogP contribution in [0.4, 0.5) is 4.39 Å². The van der Waals surface area contributed by atoms with Crippen molar-refractivity contribution in [2.75, 3.05) is 13.2 Å². The van der Waals surface area contributed by atoms with Crippen molar-refractivity contribution >= 4 is 5.91 Å². The fourth-order valence-electron chi connectivity index (χ4n) is 3.59. The number of likely N-dealkylation sites (tertiary alicyclic amines) is 1. The highest BCUT2D eigenvalue weighted by molar-refractivity contribution is 5.93. The molecule has 1 aromatic heterocycles. The standard InChI is InChI=1S/C15H23FN4O2/c1-10-14(15(22)19-8-12(16)6-13(19)9-21)17-18-20(10)7-11-4-2-3-5-11/h11-13,21H,2-9H2,1H3/t12-,13-/m0/s1. The summed E-state index contributed by atoms with van der Waals surface area (Å²) in [5.74, 6) is 0.282. The number of carbonyl (C=O) groups is 1. The molecule has 6 nitrogen and oxygen atoms in total. The lowest BCUT2D eigenvalue weighted by atomic mass is 10.1. The van der Waals surface area contributed by atoms with Crippen LogP contribution in [0, 0.1) is 12.8 Å². The first kappa shape index (κ1) is 15.4. The minimum atomic E-state index is -1.07. The Kier molecular flexibility index (Phi) is 4.42. The lowest BCUT2D eigenvalue weighted by Gasteiger charge is -2.21. The van der Waals surface area contributed by atoms with Crippen molar-refractivity contribution in [2.24, 2.45) is 5.92 Å². The average Bonchev–Trinajstić information content (AvgIpc) is 3.21. The second-order valence-corrected chi connectivity index (χ2v) is 6.48. The summed E-state index contributed by atoms with van der Waals surface area (Å²) >= 11 is 0. The Hall–Kier alpha value is -1.50. The molecule has 1 saturated heterocycles. The zero-order chi connectivity index (χ0) is 15.7. The van der Waals surface area contributed by atoms with Crippen molar-refractivity contribution in [3.63, 3.8) is 0 Å². The zero-order valence-electron chi connectivity index (χ0n) is 12.9. The highest BCUT2D eigenvalue weighted by Crippen LogP contribution is 2.27. The Morgan fingerprint density at radius 3 is 2.82 bits per heavy atom. The second-order valence-electron chi connectivity index (χ2n) is 6.48. The molecule has 0 bridgehead atoms. The molecule has 0 spiro atoms. The topological polar surface area (TPSA) is 71.2 Å². The van der Waals surface area contributed by atoms with Gasteiger partial charge in [-0.1, -0.05) is 18.1 Å². The van der Waals surface area contributed by atoms with E-state index in [1.165, 1.54) is 30.6 Å². The number of alkyl halides is 1. The van der Waals surface area contributed by atoms with Crippen LogP contribution in [0.5, 0.6) is 0 Å². The quantitative estimate of drug-likeness (QED) is 0.910. The first-order valence-electron chi connectivity index (χ1n) is 8.06. The molecule has 122 valence electrons. The molecule has 0 unspecified atom stereocenters. The van der Waals surface area contributed by atoms with Crippen molar-refractivity contribution in [1.29, 1.82) is 0 Å². The summed E-state index contributed by atoms with van der Waals surface area (Å²) in [5.41, 5.74) is 1.02. The predicted octanol–water partition coefficient (Wildman–Crippen LogP) is 1.32. The lowest BCUT2D eigenvalue weighted by molar-refractivity contribution is 0.0666. The van der Waals surface area contributed by atoms with E-state index < -0.39 is 12.2 Å². The molecule has 1 aliphatic carbocycles. The lowest BCUT2D eigenvalue weighted by Crippen LogP contribution is -2.38. The number of aliphatic hydroxyl groups is 1. The van der Waals surface area contributed by atoms with Gasteiger partial charge in [0.25, 0.3) is 5.91 Å². The number of aromatic nitrogens is 3. The van der Waals surface area contributed by atoms with Gasteiger partial charge in [0.1, 0.15) is 6.17 Å². The summed E-state index contributed by atoms with van der Waals surface area (Å²) in [6.07, 6.45) is 4.03. The minimum absolute atomic E-state index is 0.0268. The summed E-state index contributed by atoms with van der Waals surface area (Å²) in [5, 5.41) is 17.4. The molecule has 1 N–H and O–H groups in total. The summed E-state index contributed by atoms with van der Waals surface area (Å²) in [6.45, 7) is 2.43. The summed E-state index contributed by atoms with van der Waals surface area (Å²) in [4.78, 5) is 14.0. The van der Waals surface area contributed by atoms with E-state index in [0.717, 1.165) is 12.2 Å². The SMILES string of the molecule is Cc1c(C(=O)N2C[C@@H](F)C[C@H]2CO)nnn1CC1CCCC1. The third-order valence-corrected chi connectivity index (χ3v) is 4.93. The number of nitrogens with zero attached hydrogens (tertiary/aromatic N) is 4. The Bertz CT molecular complexity index is 542. The van der Waals surface area contributed by atoms with Gasteiger partial charge in [-0.2, -0.15) is 0 Å². The monoisotopic (exact) mass is 310 g/mol. The van der Waals surface area contributed by atoms with Gasteiger partial charge in [0.15, 0.2) is 5.69 Å². The molecular formula is C15H23FN4O2. The minimum Gasteiger partial charge on any atom is -0.394 e. The molecule has 0 aromatic carbocycles. The summed E-state index contributed by atoms with van der Waals surface area (Å²) < 4.78 is 15.3. The van der Waals surface area contributed by atoms with E-state index in [4.69, 9.17) is 0 Å². The van der Waals surface area contributed by atoms with Crippen molar-refractivity contribution < 1.29 is 14.3 Å². The molecular weight excluding hydrogens is 287 g/mol. The average molecular weight is 310 g/mol. The molecule has 0 radical (unpaired) electrons. The number of hydrogen-bond donors (Lipinski definition) is 1. The molecule has 22 heavy (non-hydrogen) atoms. The van der Waals surface area contributed by atoms with Crippen LogP contribution in [0.2, 0.25) is 0 Å². The highest BCUT2D eigenvalue weighted by Gasteiger charge is 2.37. The number of rotatable bonds is 4. The van der Waals surface area contributed by atoms with Gasteiger partial charge in [0, 0.05) is 13.0 Å². The van der Waals surface area contributed by atoms with Crippen molar-refractivity contribution in [1.82, 2.24) is 19.9 Å². The van der Waals surface area contributed by atoms with Gasteiger partial charge in [-0.15, -0.1) is 5.10 Å². The first-order chi connectivity index (χ1) is 10.6. The molecule has 7 heteroatoms. The highest BCUT2D eigenvalue weighted by atomic mass is 19.1. The van der Waals surface area contributed by atoms with Crippen molar-refractivity contribution in [3.05, 3.63) is 11.4 Å². The molecule has 3 rings (SSSR count). The van der Waals surface area contributed by atoms with E-state index in [1.807, 2.05) is 6.92 Å². The normalized spacial score (nSPS) is 26.0. The van der Waals surface area contributed by atoms with Crippen LogP contribution in [-0.2, 0) is 6.54 Å². The smallest absolute Gasteiger partial charge is 0.276 e. The third-order valence-electron chi connectivity index (χ3n) is 4.93. The number of halogens is 1. The first-order valence-corrected chi connectivity index (χ1v) is 8.06. The van der Waals surface area contributed by atoms with E-state index in [2.05, 4.69) is 10.3 Å². The van der Waals surface area contributed by atoms with Gasteiger partial charge in [-0.3, -0.25) is 4.79 Å². The van der Waals surface area contributed by atoms with Crippen LogP contribution < -0.4 is 0 Å². The number of carbonyl (C=O) groups excluding carboxylic acids is 1. The maximum absolute atomic E-state index is 13.5. The van der Waals surface area contributed by atoms with E-state index in [9.17, 15) is 14.3 Å². The largest absolute Gasteiger partial charge is 0.394 e. The van der Waals surface area contributed by atoms with Crippen LogP contribution in [0.3, 0.4) is 0 Å². The fraction of sp³-hybridized carbons (Fsp3) is 0.800. The molecule has 1 saturated carbocycles. The van der Waals surface area contributed by atoms with E-state index in [1.54, 1.807) is 4.68 Å². The maximum Gasteiger partial charge on any atom is 0.276 e. The predicted molar refractivity (Wildman–Crippen MR) is 78.1 cm³/mol. The Balaban J connectivity index is 1.74. The molecule has 2 aliphatic rings. The van der Waals surface area contributed by atoms with Crippen LogP contribution >= 0.6 is 0 Å². The Morgan fingerprint density at radius 2 is 2.14 bits per heavy atom. The zero-order valence-corrected chi connectivity index (χ0v) is 12.9. The molecule has 2 fully saturated rings. The molecule has 1 amide bonds. The van der Waals surface area contributed by atoms with Crippen molar-refractivity contribution in [2.45, 2.75) is 57.8 Å². The van der Waals surface area contributed by atoms with E-state index >= 15 is 0 Å². The molecule has 2 atom stereocenters. The Labute approximate surface area is 129 Å². The molecule has 2 heterocycles. The van der Waals surface area contributed by atoms with E-state index in [0.29, 0.717) is 5.92 Å². The van der Waals surface area contributed by atoms with Crippen LogP contribution in [-0.4, -0.2) is 56.3 Å².